The van der Waals surface area contributed by atoms with Crippen molar-refractivity contribution in [2.24, 2.45) is 11.8 Å². The minimum atomic E-state index is -1.28. The maximum Gasteiger partial charge on any atom is 0.338 e. The molecule has 0 aliphatic heterocycles. The second kappa shape index (κ2) is 3.66. The number of carbonyl (C=O) groups is 1. The lowest BCUT2D eigenvalue weighted by Crippen LogP contribution is -2.49. The Labute approximate surface area is 79.1 Å². The fourth-order valence-electron chi connectivity index (χ4n) is 1.81. The molecule has 0 aromatic carbocycles. The van der Waals surface area contributed by atoms with Crippen LogP contribution >= 0.6 is 0 Å². The summed E-state index contributed by atoms with van der Waals surface area (Å²) in [5, 5.41) is 9.88. The third-order valence-corrected chi connectivity index (χ3v) is 2.86. The molecule has 1 unspecified atom stereocenters. The molecule has 0 bridgehead atoms. The van der Waals surface area contributed by atoms with Crippen LogP contribution in [0.5, 0.6) is 0 Å². The highest BCUT2D eigenvalue weighted by atomic mass is 16.5. The van der Waals surface area contributed by atoms with Gasteiger partial charge in [0.25, 0.3) is 0 Å². The maximum atomic E-state index is 11.3. The Bertz CT molecular complexity index is 192. The number of aliphatic hydroxyl groups is 1. The number of esters is 1. The highest BCUT2D eigenvalue weighted by molar-refractivity contribution is 5.79. The van der Waals surface area contributed by atoms with E-state index in [0.717, 1.165) is 12.8 Å². The van der Waals surface area contributed by atoms with Gasteiger partial charge in [-0.1, -0.05) is 6.92 Å². The summed E-state index contributed by atoms with van der Waals surface area (Å²) in [6.45, 7) is 5.76. The van der Waals surface area contributed by atoms with E-state index in [1.165, 1.54) is 0 Å². The minimum Gasteiger partial charge on any atom is -0.464 e. The molecule has 3 nitrogen and oxygen atoms in total. The van der Waals surface area contributed by atoms with Crippen molar-refractivity contribution in [2.45, 2.75) is 39.2 Å². The van der Waals surface area contributed by atoms with Crippen LogP contribution in [0.1, 0.15) is 33.6 Å². The van der Waals surface area contributed by atoms with Crippen LogP contribution in [0, 0.1) is 11.8 Å². The smallest absolute Gasteiger partial charge is 0.338 e. The van der Waals surface area contributed by atoms with Crippen LogP contribution in [-0.4, -0.2) is 23.3 Å². The lowest BCUT2D eigenvalue weighted by atomic mass is 9.68. The number of hydrogen-bond acceptors (Lipinski definition) is 3. The van der Waals surface area contributed by atoms with E-state index in [2.05, 4.69) is 6.92 Å². The summed E-state index contributed by atoms with van der Waals surface area (Å²) >= 11 is 0. The maximum absolute atomic E-state index is 11.3. The normalized spacial score (nSPS) is 31.7. The van der Waals surface area contributed by atoms with E-state index >= 15 is 0 Å². The molecule has 1 N–H and O–H groups in total. The summed E-state index contributed by atoms with van der Waals surface area (Å²) in [5.41, 5.74) is -1.28. The van der Waals surface area contributed by atoms with Gasteiger partial charge in [-0.2, -0.15) is 0 Å². The van der Waals surface area contributed by atoms with Crippen molar-refractivity contribution >= 4 is 5.97 Å². The van der Waals surface area contributed by atoms with Gasteiger partial charge in [-0.3, -0.25) is 0 Å². The summed E-state index contributed by atoms with van der Waals surface area (Å²) in [5.74, 6) is 0.236. The van der Waals surface area contributed by atoms with E-state index in [9.17, 15) is 9.90 Å². The van der Waals surface area contributed by atoms with E-state index in [-0.39, 0.29) is 5.92 Å². The standard InChI is InChI=1S/C10H18O3/c1-4-13-9(11)10(3,12)8-5-7(2)6-8/h7-8,12H,4-6H2,1-3H3. The predicted octanol–water partition coefficient (Wildman–Crippen LogP) is 1.35. The molecule has 0 spiro atoms. The number of hydrogen-bond donors (Lipinski definition) is 1. The van der Waals surface area contributed by atoms with Gasteiger partial charge in [-0.15, -0.1) is 0 Å². The molecule has 0 saturated heterocycles. The minimum absolute atomic E-state index is 0.0848. The predicted molar refractivity (Wildman–Crippen MR) is 49.1 cm³/mol. The van der Waals surface area contributed by atoms with Crippen LogP contribution in [0.2, 0.25) is 0 Å². The zero-order valence-electron chi connectivity index (χ0n) is 8.54. The quantitative estimate of drug-likeness (QED) is 0.677. The molecule has 0 aromatic heterocycles. The first-order valence-electron chi connectivity index (χ1n) is 4.88. The van der Waals surface area contributed by atoms with Crippen LogP contribution in [-0.2, 0) is 9.53 Å². The summed E-state index contributed by atoms with van der Waals surface area (Å²) < 4.78 is 4.81. The van der Waals surface area contributed by atoms with Crippen molar-refractivity contribution in [2.75, 3.05) is 6.61 Å². The van der Waals surface area contributed by atoms with Gasteiger partial charge in [0.15, 0.2) is 5.60 Å². The molecule has 0 amide bonds. The van der Waals surface area contributed by atoms with Gasteiger partial charge in [0.05, 0.1) is 6.61 Å². The molecule has 1 rings (SSSR count). The van der Waals surface area contributed by atoms with Gasteiger partial charge in [0.2, 0.25) is 0 Å². The molecule has 76 valence electrons. The first-order chi connectivity index (χ1) is 5.98. The monoisotopic (exact) mass is 186 g/mol. The molecule has 0 aromatic rings. The zero-order valence-corrected chi connectivity index (χ0v) is 8.54. The first-order valence-corrected chi connectivity index (χ1v) is 4.88. The summed E-state index contributed by atoms with van der Waals surface area (Å²) in [7, 11) is 0. The molecular formula is C10H18O3. The van der Waals surface area contributed by atoms with Gasteiger partial charge in [-0.05, 0) is 38.5 Å². The third kappa shape index (κ3) is 2.02. The van der Waals surface area contributed by atoms with Crippen molar-refractivity contribution in [3.8, 4) is 0 Å². The van der Waals surface area contributed by atoms with Gasteiger partial charge in [-0.25, -0.2) is 4.79 Å². The highest BCUT2D eigenvalue weighted by Crippen LogP contribution is 2.41. The molecule has 0 radical (unpaired) electrons. The van der Waals surface area contributed by atoms with E-state index in [0.29, 0.717) is 12.5 Å². The van der Waals surface area contributed by atoms with Gasteiger partial charge < -0.3 is 9.84 Å². The Hall–Kier alpha value is -0.570. The van der Waals surface area contributed by atoms with E-state index < -0.39 is 11.6 Å². The van der Waals surface area contributed by atoms with Crippen LogP contribution in [0.15, 0.2) is 0 Å². The topological polar surface area (TPSA) is 46.5 Å². The van der Waals surface area contributed by atoms with Crippen molar-refractivity contribution in [1.29, 1.82) is 0 Å². The van der Waals surface area contributed by atoms with E-state index in [1.807, 2.05) is 0 Å². The summed E-state index contributed by atoms with van der Waals surface area (Å²) in [6.07, 6.45) is 1.84. The molecule has 0 heterocycles. The average molecular weight is 186 g/mol. The first kappa shape index (κ1) is 10.5. The van der Waals surface area contributed by atoms with Gasteiger partial charge >= 0.3 is 5.97 Å². The Balaban J connectivity index is 2.50. The Morgan fingerprint density at radius 3 is 2.54 bits per heavy atom. The lowest BCUT2D eigenvalue weighted by molar-refractivity contribution is -0.174. The molecule has 1 saturated carbocycles. The molecule has 3 heteroatoms. The fraction of sp³-hybridized carbons (Fsp3) is 0.900. The highest BCUT2D eigenvalue weighted by Gasteiger charge is 2.46. The second-order valence-electron chi connectivity index (χ2n) is 4.14. The Morgan fingerprint density at radius 1 is 1.62 bits per heavy atom. The Morgan fingerprint density at radius 2 is 2.15 bits per heavy atom. The zero-order chi connectivity index (χ0) is 10.1. The van der Waals surface area contributed by atoms with Gasteiger partial charge in [0.1, 0.15) is 0 Å². The van der Waals surface area contributed by atoms with Crippen LogP contribution in [0.4, 0.5) is 0 Å². The van der Waals surface area contributed by atoms with Gasteiger partial charge in [0, 0.05) is 0 Å². The largest absolute Gasteiger partial charge is 0.464 e. The van der Waals surface area contributed by atoms with Crippen molar-refractivity contribution < 1.29 is 14.6 Å². The number of ether oxygens (including phenoxy) is 1. The molecule has 1 atom stereocenters. The van der Waals surface area contributed by atoms with Crippen molar-refractivity contribution in [3.63, 3.8) is 0 Å². The molecule has 13 heavy (non-hydrogen) atoms. The lowest BCUT2D eigenvalue weighted by Gasteiger charge is -2.41. The fourth-order valence-corrected chi connectivity index (χ4v) is 1.81. The van der Waals surface area contributed by atoms with Crippen LogP contribution < -0.4 is 0 Å². The Kier molecular flexibility index (Phi) is 2.96. The SMILES string of the molecule is CCOC(=O)C(C)(O)C1CC(C)C1. The second-order valence-corrected chi connectivity index (χ2v) is 4.14. The third-order valence-electron chi connectivity index (χ3n) is 2.86. The molecule has 1 aliphatic rings. The molecule has 1 aliphatic carbocycles. The van der Waals surface area contributed by atoms with E-state index in [4.69, 9.17) is 4.74 Å². The summed E-state index contributed by atoms with van der Waals surface area (Å²) in [4.78, 5) is 11.3. The number of rotatable bonds is 3. The average Bonchev–Trinajstić information content (AvgIpc) is 1.99. The van der Waals surface area contributed by atoms with Crippen molar-refractivity contribution in [1.82, 2.24) is 0 Å². The van der Waals surface area contributed by atoms with Crippen LogP contribution in [0.25, 0.3) is 0 Å². The van der Waals surface area contributed by atoms with Crippen molar-refractivity contribution in [3.05, 3.63) is 0 Å². The molecule has 1 fully saturated rings. The van der Waals surface area contributed by atoms with Crippen LogP contribution in [0.3, 0.4) is 0 Å². The molecular weight excluding hydrogens is 168 g/mol. The van der Waals surface area contributed by atoms with E-state index in [1.54, 1.807) is 13.8 Å². The number of carbonyl (C=O) groups excluding carboxylic acids is 1. The summed E-state index contributed by atoms with van der Waals surface area (Å²) in [6, 6.07) is 0.